The minimum absolute atomic E-state index is 0. The number of hydrogen-bond donors (Lipinski definition) is 1. The maximum Gasteiger partial charge on any atom is 0.194 e. The molecule has 1 aromatic heterocycles. The van der Waals surface area contributed by atoms with Gasteiger partial charge in [0, 0.05) is 26.3 Å². The molecular weight excluding hydrogens is 439 g/mol. The molecule has 3 rings (SSSR count). The van der Waals surface area contributed by atoms with Crippen molar-refractivity contribution >= 4 is 29.9 Å². The average Bonchev–Trinajstić information content (AvgIpc) is 3.12. The van der Waals surface area contributed by atoms with Crippen LogP contribution in [-0.2, 0) is 13.1 Å². The molecule has 26 heavy (non-hydrogen) atoms. The number of nitrogens with zero attached hydrogens (tertiary/aromatic N) is 5. The number of benzene rings is 2. The van der Waals surface area contributed by atoms with Gasteiger partial charge in [0.15, 0.2) is 11.8 Å². The highest BCUT2D eigenvalue weighted by Crippen LogP contribution is 2.09. The molecule has 0 aliphatic heterocycles. The number of aromatic nitrogens is 3. The van der Waals surface area contributed by atoms with E-state index in [4.69, 9.17) is 0 Å². The number of para-hydroxylation sites is 1. The van der Waals surface area contributed by atoms with Crippen LogP contribution < -0.4 is 5.32 Å². The number of guanidine groups is 1. The van der Waals surface area contributed by atoms with Crippen molar-refractivity contribution < 1.29 is 0 Å². The molecule has 3 aromatic rings. The standard InChI is InChI=1S/C19H22N6.HI/c1-20-19(24(2)14-16-9-5-3-6-10-16)21-13-18-23-22-15-25(18)17-11-7-4-8-12-17;/h3-12,15H,13-14H2,1-2H3,(H,20,21);1H. The molecule has 0 saturated heterocycles. The van der Waals surface area contributed by atoms with Gasteiger partial charge in [0.25, 0.3) is 0 Å². The van der Waals surface area contributed by atoms with Gasteiger partial charge in [-0.2, -0.15) is 0 Å². The molecule has 0 radical (unpaired) electrons. The van der Waals surface area contributed by atoms with Gasteiger partial charge in [-0.05, 0) is 17.7 Å². The van der Waals surface area contributed by atoms with Crippen molar-refractivity contribution in [2.75, 3.05) is 14.1 Å². The normalized spacial score (nSPS) is 10.9. The first-order chi connectivity index (χ1) is 12.3. The van der Waals surface area contributed by atoms with E-state index in [0.29, 0.717) is 6.54 Å². The molecule has 0 atom stereocenters. The van der Waals surface area contributed by atoms with E-state index in [1.165, 1.54) is 5.56 Å². The molecule has 2 aromatic carbocycles. The topological polar surface area (TPSA) is 58.3 Å². The van der Waals surface area contributed by atoms with Crippen molar-refractivity contribution in [1.82, 2.24) is 25.0 Å². The summed E-state index contributed by atoms with van der Waals surface area (Å²) in [6.45, 7) is 1.33. The lowest BCUT2D eigenvalue weighted by Gasteiger charge is -2.22. The number of rotatable bonds is 5. The first kappa shape index (κ1) is 19.9. The zero-order valence-electron chi connectivity index (χ0n) is 14.9. The second kappa shape index (κ2) is 9.91. The van der Waals surface area contributed by atoms with Crippen LogP contribution in [0.2, 0.25) is 0 Å². The Labute approximate surface area is 171 Å². The van der Waals surface area contributed by atoms with Crippen LogP contribution in [0.3, 0.4) is 0 Å². The van der Waals surface area contributed by atoms with Crippen LogP contribution in [-0.4, -0.2) is 39.7 Å². The highest BCUT2D eigenvalue weighted by atomic mass is 127. The van der Waals surface area contributed by atoms with Crippen molar-refractivity contribution in [3.8, 4) is 5.69 Å². The van der Waals surface area contributed by atoms with Gasteiger partial charge in [-0.25, -0.2) is 0 Å². The summed E-state index contributed by atoms with van der Waals surface area (Å²) in [5.41, 5.74) is 2.28. The average molecular weight is 462 g/mol. The van der Waals surface area contributed by atoms with Crippen molar-refractivity contribution in [2.24, 2.45) is 4.99 Å². The predicted molar refractivity (Wildman–Crippen MR) is 115 cm³/mol. The Morgan fingerprint density at radius 2 is 1.73 bits per heavy atom. The van der Waals surface area contributed by atoms with Crippen molar-refractivity contribution in [2.45, 2.75) is 13.1 Å². The van der Waals surface area contributed by atoms with Gasteiger partial charge in [-0.1, -0.05) is 48.5 Å². The smallest absolute Gasteiger partial charge is 0.194 e. The molecule has 0 bridgehead atoms. The number of hydrogen-bond acceptors (Lipinski definition) is 3. The molecule has 1 N–H and O–H groups in total. The van der Waals surface area contributed by atoms with E-state index >= 15 is 0 Å². The van der Waals surface area contributed by atoms with E-state index in [-0.39, 0.29) is 24.0 Å². The van der Waals surface area contributed by atoms with E-state index in [1.807, 2.05) is 60.1 Å². The maximum atomic E-state index is 4.36. The summed E-state index contributed by atoms with van der Waals surface area (Å²) in [4.78, 5) is 6.44. The fourth-order valence-corrected chi connectivity index (χ4v) is 2.66. The van der Waals surface area contributed by atoms with Crippen molar-refractivity contribution in [3.05, 3.63) is 78.4 Å². The van der Waals surface area contributed by atoms with Gasteiger partial charge in [0.2, 0.25) is 0 Å². The largest absolute Gasteiger partial charge is 0.349 e. The van der Waals surface area contributed by atoms with Crippen LogP contribution in [0.25, 0.3) is 5.69 Å². The van der Waals surface area contributed by atoms with Gasteiger partial charge >= 0.3 is 0 Å². The molecule has 0 fully saturated rings. The molecule has 0 unspecified atom stereocenters. The number of nitrogens with one attached hydrogen (secondary N) is 1. The van der Waals surface area contributed by atoms with Crippen LogP contribution in [0.4, 0.5) is 0 Å². The summed E-state index contributed by atoms with van der Waals surface area (Å²) in [6, 6.07) is 20.4. The molecule has 0 amide bonds. The summed E-state index contributed by atoms with van der Waals surface area (Å²) < 4.78 is 1.97. The fourth-order valence-electron chi connectivity index (χ4n) is 2.66. The fraction of sp³-hybridized carbons (Fsp3) is 0.211. The molecule has 1 heterocycles. The van der Waals surface area contributed by atoms with Crippen LogP contribution in [0.15, 0.2) is 72.0 Å². The minimum atomic E-state index is 0. The zero-order chi connectivity index (χ0) is 17.5. The maximum absolute atomic E-state index is 4.36. The Kier molecular flexibility index (Phi) is 7.58. The highest BCUT2D eigenvalue weighted by Gasteiger charge is 2.10. The Bertz CT molecular complexity index is 816. The molecule has 0 spiro atoms. The lowest BCUT2D eigenvalue weighted by molar-refractivity contribution is 0.475. The van der Waals surface area contributed by atoms with Gasteiger partial charge in [0.1, 0.15) is 6.33 Å². The third-order valence-corrected chi connectivity index (χ3v) is 3.89. The van der Waals surface area contributed by atoms with E-state index in [0.717, 1.165) is 24.0 Å². The van der Waals surface area contributed by atoms with Crippen LogP contribution in [0, 0.1) is 0 Å². The Balaban J connectivity index is 0.00000243. The minimum Gasteiger partial charge on any atom is -0.349 e. The van der Waals surface area contributed by atoms with Gasteiger partial charge < -0.3 is 10.2 Å². The van der Waals surface area contributed by atoms with Crippen molar-refractivity contribution in [3.63, 3.8) is 0 Å². The first-order valence-corrected chi connectivity index (χ1v) is 8.18. The van der Waals surface area contributed by atoms with E-state index < -0.39 is 0 Å². The Morgan fingerprint density at radius 1 is 1.08 bits per heavy atom. The highest BCUT2D eigenvalue weighted by molar-refractivity contribution is 14.0. The van der Waals surface area contributed by atoms with Gasteiger partial charge in [-0.3, -0.25) is 9.56 Å². The van der Waals surface area contributed by atoms with E-state index in [9.17, 15) is 0 Å². The quantitative estimate of drug-likeness (QED) is 0.360. The third kappa shape index (κ3) is 5.04. The van der Waals surface area contributed by atoms with Crippen molar-refractivity contribution in [1.29, 1.82) is 0 Å². The molecule has 0 aliphatic rings. The summed E-state index contributed by atoms with van der Waals surface area (Å²) in [5, 5.41) is 11.6. The molecule has 0 aliphatic carbocycles. The van der Waals surface area contributed by atoms with E-state index in [2.05, 4.69) is 37.5 Å². The Morgan fingerprint density at radius 3 is 2.38 bits per heavy atom. The lowest BCUT2D eigenvalue weighted by atomic mass is 10.2. The second-order valence-electron chi connectivity index (χ2n) is 5.70. The Hall–Kier alpha value is -2.42. The van der Waals surface area contributed by atoms with Crippen LogP contribution in [0.5, 0.6) is 0 Å². The first-order valence-electron chi connectivity index (χ1n) is 8.18. The van der Waals surface area contributed by atoms with Crippen LogP contribution >= 0.6 is 24.0 Å². The lowest BCUT2D eigenvalue weighted by Crippen LogP contribution is -2.38. The summed E-state index contributed by atoms with van der Waals surface area (Å²) in [5.74, 6) is 1.65. The monoisotopic (exact) mass is 462 g/mol. The number of halogens is 1. The summed E-state index contributed by atoms with van der Waals surface area (Å²) in [6.07, 6.45) is 1.72. The third-order valence-electron chi connectivity index (χ3n) is 3.89. The predicted octanol–water partition coefficient (Wildman–Crippen LogP) is 3.09. The second-order valence-corrected chi connectivity index (χ2v) is 5.70. The zero-order valence-corrected chi connectivity index (χ0v) is 17.2. The van der Waals surface area contributed by atoms with Gasteiger partial charge in [0.05, 0.1) is 6.54 Å². The van der Waals surface area contributed by atoms with Crippen LogP contribution in [0.1, 0.15) is 11.4 Å². The molecule has 7 heteroatoms. The summed E-state index contributed by atoms with van der Waals surface area (Å²) in [7, 11) is 3.80. The summed E-state index contributed by atoms with van der Waals surface area (Å²) >= 11 is 0. The molecule has 136 valence electrons. The van der Waals surface area contributed by atoms with E-state index in [1.54, 1.807) is 13.4 Å². The SMILES string of the molecule is CN=C(NCc1nncn1-c1ccccc1)N(C)Cc1ccccc1.I. The molecular formula is C19H23IN6. The molecule has 6 nitrogen and oxygen atoms in total. The molecule has 0 saturated carbocycles. The number of aliphatic imine (C=N–C) groups is 1. The van der Waals surface area contributed by atoms with Gasteiger partial charge in [-0.15, -0.1) is 34.2 Å².